The highest BCUT2D eigenvalue weighted by Gasteiger charge is 2.31. The van der Waals surface area contributed by atoms with E-state index in [2.05, 4.69) is 20.2 Å². The minimum atomic E-state index is 0.306. The number of halogens is 1. The maximum absolute atomic E-state index is 6.44. The summed E-state index contributed by atoms with van der Waals surface area (Å²) in [6.07, 6.45) is 2.26. The SMILES string of the molecule is CCOc1nnc(CN2CCCC2c2c(C)nn(C)c2Cl)s1. The second kappa shape index (κ2) is 6.52. The van der Waals surface area contributed by atoms with Crippen molar-refractivity contribution in [2.24, 2.45) is 7.05 Å². The van der Waals surface area contributed by atoms with Crippen molar-refractivity contribution in [3.8, 4) is 5.19 Å². The van der Waals surface area contributed by atoms with Crippen LogP contribution in [0.25, 0.3) is 0 Å². The van der Waals surface area contributed by atoms with Crippen LogP contribution >= 0.6 is 22.9 Å². The molecule has 2 aromatic rings. The Hall–Kier alpha value is -1.18. The molecule has 2 aromatic heterocycles. The molecule has 120 valence electrons. The molecule has 1 fully saturated rings. The topological polar surface area (TPSA) is 56.1 Å². The van der Waals surface area contributed by atoms with Gasteiger partial charge in [-0.05, 0) is 33.2 Å². The van der Waals surface area contributed by atoms with Gasteiger partial charge in [-0.2, -0.15) is 5.10 Å². The molecule has 1 unspecified atom stereocenters. The molecule has 8 heteroatoms. The van der Waals surface area contributed by atoms with Crippen molar-refractivity contribution in [2.75, 3.05) is 13.2 Å². The highest BCUT2D eigenvalue weighted by Crippen LogP contribution is 2.38. The first-order valence-electron chi connectivity index (χ1n) is 7.48. The molecule has 0 amide bonds. The second-order valence-electron chi connectivity index (χ2n) is 5.44. The fourth-order valence-electron chi connectivity index (χ4n) is 3.02. The lowest BCUT2D eigenvalue weighted by Gasteiger charge is -2.23. The van der Waals surface area contributed by atoms with Gasteiger partial charge < -0.3 is 4.74 Å². The first-order chi connectivity index (χ1) is 10.6. The number of nitrogens with zero attached hydrogens (tertiary/aromatic N) is 5. The lowest BCUT2D eigenvalue weighted by molar-refractivity contribution is 0.247. The Morgan fingerprint density at radius 3 is 2.91 bits per heavy atom. The van der Waals surface area contributed by atoms with E-state index >= 15 is 0 Å². The third-order valence-electron chi connectivity index (χ3n) is 3.95. The van der Waals surface area contributed by atoms with Crippen molar-refractivity contribution in [2.45, 2.75) is 39.3 Å². The first kappa shape index (κ1) is 15.7. The molecule has 3 rings (SSSR count). The smallest absolute Gasteiger partial charge is 0.294 e. The van der Waals surface area contributed by atoms with Crippen molar-refractivity contribution in [1.29, 1.82) is 0 Å². The summed E-state index contributed by atoms with van der Waals surface area (Å²) in [4.78, 5) is 2.41. The standard InChI is InChI=1S/C14H20ClN5OS/c1-4-21-14-17-16-11(22-14)8-20-7-5-6-10(20)12-9(2)18-19(3)13(12)15/h10H,4-8H2,1-3H3. The number of hydrogen-bond acceptors (Lipinski definition) is 6. The Morgan fingerprint density at radius 2 is 2.23 bits per heavy atom. The quantitative estimate of drug-likeness (QED) is 0.836. The summed E-state index contributed by atoms with van der Waals surface area (Å²) in [6, 6.07) is 0.306. The Balaban J connectivity index is 1.78. The monoisotopic (exact) mass is 341 g/mol. The third kappa shape index (κ3) is 2.98. The summed E-state index contributed by atoms with van der Waals surface area (Å²) < 4.78 is 7.15. The molecule has 0 radical (unpaired) electrons. The molecule has 0 spiro atoms. The molecular formula is C14H20ClN5OS. The zero-order valence-electron chi connectivity index (χ0n) is 13.0. The average molecular weight is 342 g/mol. The van der Waals surface area contributed by atoms with Crippen LogP contribution in [0.2, 0.25) is 5.15 Å². The molecule has 22 heavy (non-hydrogen) atoms. The molecule has 0 bridgehead atoms. The summed E-state index contributed by atoms with van der Waals surface area (Å²) in [7, 11) is 1.89. The van der Waals surface area contributed by atoms with Crippen LogP contribution in [0.1, 0.15) is 42.1 Å². The molecule has 0 aliphatic carbocycles. The van der Waals surface area contributed by atoms with Crippen molar-refractivity contribution in [3.05, 3.63) is 21.4 Å². The van der Waals surface area contributed by atoms with Crippen molar-refractivity contribution in [3.63, 3.8) is 0 Å². The van der Waals surface area contributed by atoms with Crippen LogP contribution in [0, 0.1) is 6.92 Å². The van der Waals surface area contributed by atoms with E-state index in [4.69, 9.17) is 16.3 Å². The summed E-state index contributed by atoms with van der Waals surface area (Å²) in [5.74, 6) is 0. The molecule has 6 nitrogen and oxygen atoms in total. The molecule has 1 aliphatic rings. The zero-order valence-corrected chi connectivity index (χ0v) is 14.6. The molecule has 1 aliphatic heterocycles. The third-order valence-corrected chi connectivity index (χ3v) is 5.22. The highest BCUT2D eigenvalue weighted by atomic mass is 35.5. The van der Waals surface area contributed by atoms with Gasteiger partial charge in [-0.25, -0.2) is 0 Å². The van der Waals surface area contributed by atoms with Gasteiger partial charge in [-0.1, -0.05) is 22.9 Å². The molecule has 3 heterocycles. The fourth-order valence-corrected chi connectivity index (χ4v) is 4.10. The maximum Gasteiger partial charge on any atom is 0.294 e. The van der Waals surface area contributed by atoms with Gasteiger partial charge >= 0.3 is 0 Å². The van der Waals surface area contributed by atoms with Crippen LogP contribution < -0.4 is 4.74 Å². The lowest BCUT2D eigenvalue weighted by atomic mass is 10.1. The summed E-state index contributed by atoms with van der Waals surface area (Å²) in [5, 5.41) is 15.1. The number of ether oxygens (including phenoxy) is 1. The summed E-state index contributed by atoms with van der Waals surface area (Å²) in [5.41, 5.74) is 2.16. The highest BCUT2D eigenvalue weighted by molar-refractivity contribution is 7.13. The van der Waals surface area contributed by atoms with Gasteiger partial charge in [-0.3, -0.25) is 9.58 Å². The van der Waals surface area contributed by atoms with Gasteiger partial charge in [0.05, 0.1) is 18.8 Å². The van der Waals surface area contributed by atoms with Crippen LogP contribution in [0.15, 0.2) is 0 Å². The molecular weight excluding hydrogens is 322 g/mol. The number of rotatable bonds is 5. The average Bonchev–Trinajstić information content (AvgIpc) is 3.15. The van der Waals surface area contributed by atoms with Crippen molar-refractivity contribution < 1.29 is 4.74 Å². The summed E-state index contributed by atoms with van der Waals surface area (Å²) >= 11 is 7.95. The predicted molar refractivity (Wildman–Crippen MR) is 86.4 cm³/mol. The largest absolute Gasteiger partial charge is 0.469 e. The van der Waals surface area contributed by atoms with Crippen LogP contribution in [-0.4, -0.2) is 38.0 Å². The molecule has 0 N–H and O–H groups in total. The minimum absolute atomic E-state index is 0.306. The van der Waals surface area contributed by atoms with Crippen LogP contribution in [0.3, 0.4) is 0 Å². The molecule has 0 saturated carbocycles. The van der Waals surface area contributed by atoms with Crippen LogP contribution in [0.4, 0.5) is 0 Å². The van der Waals surface area contributed by atoms with E-state index in [1.54, 1.807) is 4.68 Å². The Labute approximate surface area is 139 Å². The minimum Gasteiger partial charge on any atom is -0.469 e. The van der Waals surface area contributed by atoms with E-state index in [9.17, 15) is 0 Å². The fraction of sp³-hybridized carbons (Fsp3) is 0.643. The number of likely N-dealkylation sites (tertiary alicyclic amines) is 1. The summed E-state index contributed by atoms with van der Waals surface area (Å²) in [6.45, 7) is 6.41. The number of aryl methyl sites for hydroxylation is 2. The van der Waals surface area contributed by atoms with E-state index < -0.39 is 0 Å². The van der Waals surface area contributed by atoms with E-state index in [-0.39, 0.29) is 0 Å². The van der Waals surface area contributed by atoms with Gasteiger partial charge in [0.1, 0.15) is 10.2 Å². The van der Waals surface area contributed by atoms with Crippen molar-refractivity contribution >= 4 is 22.9 Å². The van der Waals surface area contributed by atoms with E-state index in [1.165, 1.54) is 11.3 Å². The Bertz CT molecular complexity index is 656. The second-order valence-corrected chi connectivity index (χ2v) is 6.82. The van der Waals surface area contributed by atoms with E-state index in [0.29, 0.717) is 17.8 Å². The van der Waals surface area contributed by atoms with Gasteiger partial charge in [-0.15, -0.1) is 10.2 Å². The molecule has 0 aromatic carbocycles. The molecule has 1 atom stereocenters. The Kier molecular flexibility index (Phi) is 4.65. The van der Waals surface area contributed by atoms with Crippen LogP contribution in [0.5, 0.6) is 5.19 Å². The Morgan fingerprint density at radius 1 is 1.41 bits per heavy atom. The number of aromatic nitrogens is 4. The molecule has 1 saturated heterocycles. The van der Waals surface area contributed by atoms with Gasteiger partial charge in [0.15, 0.2) is 0 Å². The first-order valence-corrected chi connectivity index (χ1v) is 8.67. The predicted octanol–water partition coefficient (Wildman–Crippen LogP) is 2.97. The van der Waals surface area contributed by atoms with Crippen LogP contribution in [-0.2, 0) is 13.6 Å². The van der Waals surface area contributed by atoms with Gasteiger partial charge in [0.25, 0.3) is 5.19 Å². The van der Waals surface area contributed by atoms with E-state index in [1.807, 2.05) is 20.9 Å². The van der Waals surface area contributed by atoms with E-state index in [0.717, 1.165) is 47.3 Å². The van der Waals surface area contributed by atoms with Crippen molar-refractivity contribution in [1.82, 2.24) is 24.9 Å². The maximum atomic E-state index is 6.44. The number of hydrogen-bond donors (Lipinski definition) is 0. The normalized spacial score (nSPS) is 19.0. The van der Waals surface area contributed by atoms with Gasteiger partial charge in [0, 0.05) is 18.7 Å². The lowest BCUT2D eigenvalue weighted by Crippen LogP contribution is -2.23. The zero-order chi connectivity index (χ0) is 15.7. The van der Waals surface area contributed by atoms with Gasteiger partial charge in [0.2, 0.25) is 0 Å².